The highest BCUT2D eigenvalue weighted by atomic mass is 32.1. The van der Waals surface area contributed by atoms with Crippen molar-refractivity contribution in [1.29, 1.82) is 0 Å². The molecule has 1 aromatic heterocycles. The first-order chi connectivity index (χ1) is 6.77. The minimum absolute atomic E-state index is 0.485. The molecule has 0 saturated carbocycles. The van der Waals surface area contributed by atoms with Gasteiger partial charge in [0.15, 0.2) is 0 Å². The number of aryl methyl sites for hydroxylation is 1. The molecule has 0 bridgehead atoms. The minimum atomic E-state index is -0.485. The molecule has 1 unspecified atom stereocenters. The van der Waals surface area contributed by atoms with Gasteiger partial charge in [0, 0.05) is 4.88 Å². The zero-order valence-corrected chi connectivity index (χ0v) is 8.79. The molecule has 2 rings (SSSR count). The van der Waals surface area contributed by atoms with Gasteiger partial charge in [0.2, 0.25) is 0 Å². The average molecular weight is 204 g/mol. The number of hydrogen-bond acceptors (Lipinski definition) is 2. The van der Waals surface area contributed by atoms with Crippen molar-refractivity contribution in [3.63, 3.8) is 0 Å². The van der Waals surface area contributed by atoms with E-state index in [1.807, 2.05) is 48.7 Å². The van der Waals surface area contributed by atoms with E-state index >= 15 is 0 Å². The Labute approximate surface area is 87.7 Å². The summed E-state index contributed by atoms with van der Waals surface area (Å²) in [7, 11) is 0. The van der Waals surface area contributed by atoms with Gasteiger partial charge in [-0.15, -0.1) is 11.3 Å². The summed E-state index contributed by atoms with van der Waals surface area (Å²) in [5.74, 6) is 0. The molecular formula is C12H12OS. The zero-order valence-electron chi connectivity index (χ0n) is 7.97. The molecule has 1 aromatic carbocycles. The van der Waals surface area contributed by atoms with Crippen molar-refractivity contribution in [2.45, 2.75) is 13.0 Å². The summed E-state index contributed by atoms with van der Waals surface area (Å²) in [5.41, 5.74) is 1.93. The van der Waals surface area contributed by atoms with Crippen LogP contribution in [0.1, 0.15) is 22.1 Å². The third-order valence-corrected chi connectivity index (χ3v) is 3.06. The lowest BCUT2D eigenvalue weighted by Crippen LogP contribution is -1.96. The van der Waals surface area contributed by atoms with Gasteiger partial charge in [-0.1, -0.05) is 30.3 Å². The van der Waals surface area contributed by atoms with E-state index in [9.17, 15) is 5.11 Å². The molecule has 1 atom stereocenters. The summed E-state index contributed by atoms with van der Waals surface area (Å²) >= 11 is 1.67. The standard InChI is InChI=1S/C12H12OS/c1-9-7-11(8-14-9)12(13)10-5-3-2-4-6-10/h2-8,12-13H,1H3. The number of aliphatic hydroxyl groups excluding tert-OH is 1. The van der Waals surface area contributed by atoms with Crippen LogP contribution in [0.15, 0.2) is 41.8 Å². The van der Waals surface area contributed by atoms with Crippen molar-refractivity contribution in [2.75, 3.05) is 0 Å². The van der Waals surface area contributed by atoms with Gasteiger partial charge in [-0.25, -0.2) is 0 Å². The van der Waals surface area contributed by atoms with Crippen LogP contribution >= 0.6 is 11.3 Å². The minimum Gasteiger partial charge on any atom is -0.384 e. The van der Waals surface area contributed by atoms with E-state index in [4.69, 9.17) is 0 Å². The highest BCUT2D eigenvalue weighted by Crippen LogP contribution is 2.25. The van der Waals surface area contributed by atoms with Crippen molar-refractivity contribution >= 4 is 11.3 Å². The topological polar surface area (TPSA) is 20.2 Å². The monoisotopic (exact) mass is 204 g/mol. The number of benzene rings is 1. The predicted octanol–water partition coefficient (Wildman–Crippen LogP) is 3.14. The van der Waals surface area contributed by atoms with Crippen LogP contribution in [-0.4, -0.2) is 5.11 Å². The zero-order chi connectivity index (χ0) is 9.97. The van der Waals surface area contributed by atoms with Crippen molar-refractivity contribution in [2.24, 2.45) is 0 Å². The Kier molecular flexibility index (Phi) is 2.66. The molecular weight excluding hydrogens is 192 g/mol. The third kappa shape index (κ3) is 1.86. The Bertz CT molecular complexity index is 405. The van der Waals surface area contributed by atoms with E-state index in [1.165, 1.54) is 4.88 Å². The Morgan fingerprint density at radius 2 is 1.86 bits per heavy atom. The highest BCUT2D eigenvalue weighted by Gasteiger charge is 2.10. The average Bonchev–Trinajstić information content (AvgIpc) is 2.65. The molecule has 0 saturated heterocycles. The number of aliphatic hydroxyl groups is 1. The Balaban J connectivity index is 2.29. The number of thiophene rings is 1. The van der Waals surface area contributed by atoms with Gasteiger partial charge < -0.3 is 5.11 Å². The lowest BCUT2D eigenvalue weighted by Gasteiger charge is -2.08. The van der Waals surface area contributed by atoms with E-state index in [1.54, 1.807) is 11.3 Å². The van der Waals surface area contributed by atoms with Gasteiger partial charge in [0.1, 0.15) is 6.10 Å². The van der Waals surface area contributed by atoms with Crippen LogP contribution in [0.4, 0.5) is 0 Å². The fourth-order valence-electron chi connectivity index (χ4n) is 1.43. The lowest BCUT2D eigenvalue weighted by atomic mass is 10.0. The van der Waals surface area contributed by atoms with Crippen LogP contribution in [0.2, 0.25) is 0 Å². The van der Waals surface area contributed by atoms with E-state index in [2.05, 4.69) is 0 Å². The first-order valence-electron chi connectivity index (χ1n) is 4.55. The Morgan fingerprint density at radius 1 is 1.14 bits per heavy atom. The van der Waals surface area contributed by atoms with Crippen LogP contribution in [0, 0.1) is 6.92 Å². The maximum absolute atomic E-state index is 10.0. The quantitative estimate of drug-likeness (QED) is 0.796. The molecule has 14 heavy (non-hydrogen) atoms. The first-order valence-corrected chi connectivity index (χ1v) is 5.43. The van der Waals surface area contributed by atoms with E-state index in [-0.39, 0.29) is 0 Å². The van der Waals surface area contributed by atoms with Gasteiger partial charge >= 0.3 is 0 Å². The van der Waals surface area contributed by atoms with Gasteiger partial charge in [0.25, 0.3) is 0 Å². The molecule has 0 amide bonds. The molecule has 0 aliphatic heterocycles. The summed E-state index contributed by atoms with van der Waals surface area (Å²) in [6, 6.07) is 11.8. The van der Waals surface area contributed by atoms with E-state index < -0.39 is 6.10 Å². The van der Waals surface area contributed by atoms with Crippen LogP contribution < -0.4 is 0 Å². The predicted molar refractivity (Wildman–Crippen MR) is 59.6 cm³/mol. The van der Waals surface area contributed by atoms with Crippen molar-refractivity contribution in [3.05, 3.63) is 57.8 Å². The number of rotatable bonds is 2. The number of hydrogen-bond donors (Lipinski definition) is 1. The first kappa shape index (κ1) is 9.44. The van der Waals surface area contributed by atoms with Crippen LogP contribution in [-0.2, 0) is 0 Å². The molecule has 0 radical (unpaired) electrons. The molecule has 2 heteroatoms. The normalized spacial score (nSPS) is 12.7. The van der Waals surface area contributed by atoms with E-state index in [0.717, 1.165) is 11.1 Å². The molecule has 72 valence electrons. The van der Waals surface area contributed by atoms with Crippen molar-refractivity contribution in [1.82, 2.24) is 0 Å². The van der Waals surface area contributed by atoms with Crippen molar-refractivity contribution in [3.8, 4) is 0 Å². The maximum atomic E-state index is 10.0. The Morgan fingerprint density at radius 3 is 2.43 bits per heavy atom. The fraction of sp³-hybridized carbons (Fsp3) is 0.167. The second-order valence-corrected chi connectivity index (χ2v) is 4.42. The Hall–Kier alpha value is -1.12. The molecule has 0 fully saturated rings. The molecule has 0 spiro atoms. The summed E-state index contributed by atoms with van der Waals surface area (Å²) in [6.07, 6.45) is -0.485. The van der Waals surface area contributed by atoms with Crippen LogP contribution in [0.3, 0.4) is 0 Å². The molecule has 0 aliphatic carbocycles. The summed E-state index contributed by atoms with van der Waals surface area (Å²) in [4.78, 5) is 1.23. The van der Waals surface area contributed by atoms with Crippen molar-refractivity contribution < 1.29 is 5.11 Å². The van der Waals surface area contributed by atoms with Gasteiger partial charge in [0.05, 0.1) is 0 Å². The summed E-state index contributed by atoms with van der Waals surface area (Å²) in [5, 5.41) is 12.0. The molecule has 1 N–H and O–H groups in total. The highest BCUT2D eigenvalue weighted by molar-refractivity contribution is 7.10. The molecule has 2 aromatic rings. The summed E-state index contributed by atoms with van der Waals surface area (Å²) in [6.45, 7) is 2.05. The second kappa shape index (κ2) is 3.95. The SMILES string of the molecule is Cc1cc(C(O)c2ccccc2)cs1. The molecule has 1 heterocycles. The summed E-state index contributed by atoms with van der Waals surface area (Å²) < 4.78 is 0. The smallest absolute Gasteiger partial charge is 0.105 e. The molecule has 0 aliphatic rings. The second-order valence-electron chi connectivity index (χ2n) is 3.30. The van der Waals surface area contributed by atoms with Gasteiger partial charge in [-0.2, -0.15) is 0 Å². The fourth-order valence-corrected chi connectivity index (χ4v) is 2.16. The largest absolute Gasteiger partial charge is 0.384 e. The van der Waals surface area contributed by atoms with E-state index in [0.29, 0.717) is 0 Å². The van der Waals surface area contributed by atoms with Gasteiger partial charge in [-0.3, -0.25) is 0 Å². The third-order valence-electron chi connectivity index (χ3n) is 2.18. The molecule has 1 nitrogen and oxygen atoms in total. The van der Waals surface area contributed by atoms with Gasteiger partial charge in [-0.05, 0) is 29.5 Å². The van der Waals surface area contributed by atoms with Crippen LogP contribution in [0.25, 0.3) is 0 Å². The lowest BCUT2D eigenvalue weighted by molar-refractivity contribution is 0.221. The maximum Gasteiger partial charge on any atom is 0.105 e. The van der Waals surface area contributed by atoms with Crippen LogP contribution in [0.5, 0.6) is 0 Å².